The summed E-state index contributed by atoms with van der Waals surface area (Å²) in [6.07, 6.45) is 1.94. The molecule has 3 heterocycles. The van der Waals surface area contributed by atoms with Crippen molar-refractivity contribution < 1.29 is 0 Å². The zero-order chi connectivity index (χ0) is 29.0. The second kappa shape index (κ2) is 10.2. The number of nitrogens with zero attached hydrogens (tertiary/aromatic N) is 4. The standard InChI is InChI=1S/C37H36N4S/c1-25(2)26-19-20-38-36(21-26)41-32-14-7-6-13-30(32)31-18-17-29(23-35(31)41)42-28-12-10-11-27(22-28)39-24-40(37(3,4)5)34-16-9-8-15-33(34)39/h6-23,25H,24H2,1-5H3. The van der Waals surface area contributed by atoms with Gasteiger partial charge in [0.25, 0.3) is 0 Å². The van der Waals surface area contributed by atoms with Crippen LogP contribution in [0.2, 0.25) is 0 Å². The van der Waals surface area contributed by atoms with E-state index in [1.807, 2.05) is 18.0 Å². The first-order chi connectivity index (χ1) is 20.3. The van der Waals surface area contributed by atoms with E-state index in [-0.39, 0.29) is 5.54 Å². The molecule has 7 rings (SSSR count). The number of pyridine rings is 1. The number of fused-ring (bicyclic) bond motifs is 4. The molecule has 0 saturated carbocycles. The maximum Gasteiger partial charge on any atom is 0.137 e. The fourth-order valence-electron chi connectivity index (χ4n) is 6.04. The first kappa shape index (κ1) is 26.7. The van der Waals surface area contributed by atoms with Crippen LogP contribution in [-0.2, 0) is 0 Å². The van der Waals surface area contributed by atoms with Gasteiger partial charge in [0.1, 0.15) is 5.82 Å². The smallest absolute Gasteiger partial charge is 0.137 e. The molecule has 0 N–H and O–H groups in total. The van der Waals surface area contributed by atoms with Crippen LogP contribution in [0.5, 0.6) is 0 Å². The van der Waals surface area contributed by atoms with Crippen LogP contribution in [0, 0.1) is 0 Å². The maximum absolute atomic E-state index is 4.82. The lowest BCUT2D eigenvalue weighted by Gasteiger charge is -2.34. The van der Waals surface area contributed by atoms with Crippen LogP contribution in [0.3, 0.4) is 0 Å². The fourth-order valence-corrected chi connectivity index (χ4v) is 6.94. The Bertz CT molecular complexity index is 1930. The number of rotatable bonds is 5. The lowest BCUT2D eigenvalue weighted by molar-refractivity contribution is 0.518. The number of aromatic nitrogens is 2. The summed E-state index contributed by atoms with van der Waals surface area (Å²) in [6, 6.07) is 37.5. The quantitative estimate of drug-likeness (QED) is 0.206. The molecule has 210 valence electrons. The van der Waals surface area contributed by atoms with E-state index in [0.29, 0.717) is 5.92 Å². The number of hydrogen-bond donors (Lipinski definition) is 0. The third-order valence-corrected chi connectivity index (χ3v) is 9.21. The molecule has 0 fully saturated rings. The summed E-state index contributed by atoms with van der Waals surface area (Å²) in [6.45, 7) is 12.1. The second-order valence-electron chi connectivity index (χ2n) is 12.4. The Hall–Kier alpha value is -4.22. The lowest BCUT2D eigenvalue weighted by atomic mass is 10.1. The van der Waals surface area contributed by atoms with Gasteiger partial charge in [-0.2, -0.15) is 0 Å². The fraction of sp³-hybridized carbons (Fsp3) is 0.216. The SMILES string of the molecule is CC(C)c1ccnc(-n2c3ccccc3c3ccc(Sc4cccc(N5CN(C(C)(C)C)c6ccccc65)c4)cc32)c1. The Morgan fingerprint density at radius 2 is 1.45 bits per heavy atom. The average Bonchev–Trinajstić information content (AvgIpc) is 3.54. The van der Waals surface area contributed by atoms with Gasteiger partial charge in [0.15, 0.2) is 0 Å². The first-order valence-corrected chi connectivity index (χ1v) is 15.5. The molecule has 4 nitrogen and oxygen atoms in total. The topological polar surface area (TPSA) is 24.3 Å². The average molecular weight is 569 g/mol. The summed E-state index contributed by atoms with van der Waals surface area (Å²) in [5, 5.41) is 2.50. The highest BCUT2D eigenvalue weighted by Crippen LogP contribution is 2.44. The van der Waals surface area contributed by atoms with E-state index in [9.17, 15) is 0 Å². The van der Waals surface area contributed by atoms with Crippen molar-refractivity contribution in [3.8, 4) is 5.82 Å². The van der Waals surface area contributed by atoms with Gasteiger partial charge in [0, 0.05) is 38.0 Å². The van der Waals surface area contributed by atoms with Crippen molar-refractivity contribution in [1.29, 1.82) is 0 Å². The molecule has 0 atom stereocenters. The van der Waals surface area contributed by atoms with Crippen molar-refractivity contribution >= 4 is 50.6 Å². The zero-order valence-electron chi connectivity index (χ0n) is 24.9. The van der Waals surface area contributed by atoms with Gasteiger partial charge in [-0.3, -0.25) is 4.57 Å². The Morgan fingerprint density at radius 3 is 2.26 bits per heavy atom. The van der Waals surface area contributed by atoms with Crippen molar-refractivity contribution in [2.45, 2.75) is 55.9 Å². The number of anilines is 3. The number of benzene rings is 4. The highest BCUT2D eigenvalue weighted by atomic mass is 32.2. The molecular weight excluding hydrogens is 533 g/mol. The highest BCUT2D eigenvalue weighted by molar-refractivity contribution is 7.99. The van der Waals surface area contributed by atoms with Gasteiger partial charge in [-0.25, -0.2) is 4.98 Å². The molecule has 0 radical (unpaired) electrons. The molecule has 0 bridgehead atoms. The predicted octanol–water partition coefficient (Wildman–Crippen LogP) is 10.2. The Morgan fingerprint density at radius 1 is 0.714 bits per heavy atom. The van der Waals surface area contributed by atoms with Crippen LogP contribution in [-0.4, -0.2) is 21.8 Å². The molecule has 2 aromatic heterocycles. The van der Waals surface area contributed by atoms with Gasteiger partial charge < -0.3 is 9.80 Å². The lowest BCUT2D eigenvalue weighted by Crippen LogP contribution is -2.42. The van der Waals surface area contributed by atoms with Gasteiger partial charge >= 0.3 is 0 Å². The summed E-state index contributed by atoms with van der Waals surface area (Å²) >= 11 is 1.81. The Balaban J connectivity index is 1.27. The molecule has 0 aliphatic carbocycles. The summed E-state index contributed by atoms with van der Waals surface area (Å²) in [7, 11) is 0. The summed E-state index contributed by atoms with van der Waals surface area (Å²) in [5.41, 5.74) is 7.45. The van der Waals surface area contributed by atoms with Crippen LogP contribution < -0.4 is 9.80 Å². The van der Waals surface area contributed by atoms with Gasteiger partial charge in [-0.1, -0.05) is 68.1 Å². The molecule has 0 amide bonds. The molecule has 6 aromatic rings. The van der Waals surface area contributed by atoms with E-state index in [0.717, 1.165) is 12.5 Å². The van der Waals surface area contributed by atoms with Crippen molar-refractivity contribution in [2.75, 3.05) is 16.5 Å². The zero-order valence-corrected chi connectivity index (χ0v) is 25.7. The minimum absolute atomic E-state index is 0.0363. The van der Waals surface area contributed by atoms with Crippen molar-refractivity contribution in [3.05, 3.63) is 115 Å². The van der Waals surface area contributed by atoms with E-state index in [4.69, 9.17) is 4.98 Å². The van der Waals surface area contributed by atoms with Crippen molar-refractivity contribution in [3.63, 3.8) is 0 Å². The van der Waals surface area contributed by atoms with E-state index in [1.54, 1.807) is 0 Å². The largest absolute Gasteiger partial charge is 0.347 e. The maximum atomic E-state index is 4.82. The molecule has 1 aliphatic rings. The van der Waals surface area contributed by atoms with Crippen LogP contribution in [0.4, 0.5) is 17.1 Å². The van der Waals surface area contributed by atoms with Crippen LogP contribution in [0.1, 0.15) is 46.1 Å². The molecule has 0 saturated heterocycles. The Kier molecular flexibility index (Phi) is 6.51. The highest BCUT2D eigenvalue weighted by Gasteiger charge is 2.33. The van der Waals surface area contributed by atoms with E-state index in [1.165, 1.54) is 54.2 Å². The molecular formula is C37H36N4S. The van der Waals surface area contributed by atoms with Gasteiger partial charge in [0.05, 0.1) is 29.1 Å². The van der Waals surface area contributed by atoms with Crippen molar-refractivity contribution in [1.82, 2.24) is 9.55 Å². The third kappa shape index (κ3) is 4.62. The van der Waals surface area contributed by atoms with Crippen LogP contribution in [0.15, 0.2) is 119 Å². The minimum atomic E-state index is 0.0363. The van der Waals surface area contributed by atoms with Gasteiger partial charge in [-0.05, 0) is 92.9 Å². The first-order valence-electron chi connectivity index (χ1n) is 14.7. The molecule has 42 heavy (non-hydrogen) atoms. The van der Waals surface area contributed by atoms with E-state index >= 15 is 0 Å². The minimum Gasteiger partial charge on any atom is -0.347 e. The van der Waals surface area contributed by atoms with Crippen LogP contribution in [0.25, 0.3) is 27.6 Å². The molecule has 0 spiro atoms. The van der Waals surface area contributed by atoms with Crippen LogP contribution >= 0.6 is 11.8 Å². The van der Waals surface area contributed by atoms with E-state index < -0.39 is 0 Å². The second-order valence-corrected chi connectivity index (χ2v) is 13.5. The summed E-state index contributed by atoms with van der Waals surface area (Å²) in [5.74, 6) is 1.41. The molecule has 4 aromatic carbocycles. The van der Waals surface area contributed by atoms with E-state index in [2.05, 4.69) is 152 Å². The van der Waals surface area contributed by atoms with Gasteiger partial charge in [0.2, 0.25) is 0 Å². The number of hydrogen-bond acceptors (Lipinski definition) is 4. The third-order valence-electron chi connectivity index (χ3n) is 8.23. The molecule has 0 unspecified atom stereocenters. The monoisotopic (exact) mass is 568 g/mol. The van der Waals surface area contributed by atoms with Gasteiger partial charge in [-0.15, -0.1) is 0 Å². The molecule has 1 aliphatic heterocycles. The predicted molar refractivity (Wildman–Crippen MR) is 179 cm³/mol. The Labute approximate surface area is 252 Å². The summed E-state index contributed by atoms with van der Waals surface area (Å²) in [4.78, 5) is 12.2. The van der Waals surface area contributed by atoms with Crippen molar-refractivity contribution in [2.24, 2.45) is 0 Å². The number of para-hydroxylation sites is 3. The normalized spacial score (nSPS) is 13.5. The molecule has 5 heteroatoms. The summed E-state index contributed by atoms with van der Waals surface area (Å²) < 4.78 is 2.32.